The second-order valence-electron chi connectivity index (χ2n) is 7.23. The van der Waals surface area contributed by atoms with Gasteiger partial charge in [-0.25, -0.2) is 4.39 Å². The van der Waals surface area contributed by atoms with E-state index in [-0.39, 0.29) is 11.7 Å². The van der Waals surface area contributed by atoms with Crippen molar-refractivity contribution in [3.05, 3.63) is 46.9 Å². The maximum Gasteiger partial charge on any atom is 0.237 e. The van der Waals surface area contributed by atoms with Gasteiger partial charge in [0.25, 0.3) is 0 Å². The van der Waals surface area contributed by atoms with Crippen LogP contribution in [0.4, 0.5) is 4.39 Å². The van der Waals surface area contributed by atoms with E-state index in [9.17, 15) is 9.18 Å². The molecular weight excluding hydrogens is 347 g/mol. The lowest BCUT2D eigenvalue weighted by Gasteiger charge is -2.29. The SMILES string of the molecule is Cc1nnc(CN(C)CC(=O)N2CCc3[nH]c4ccc(F)cc4c3C2)n1C. The number of nitrogens with one attached hydrogen (secondary N) is 1. The fraction of sp³-hybridized carbons (Fsp3) is 0.421. The number of hydrogen-bond donors (Lipinski definition) is 1. The van der Waals surface area contributed by atoms with Gasteiger partial charge >= 0.3 is 0 Å². The topological polar surface area (TPSA) is 70.1 Å². The molecule has 0 radical (unpaired) electrons. The normalized spacial score (nSPS) is 14.2. The number of amides is 1. The van der Waals surface area contributed by atoms with Gasteiger partial charge in [0.1, 0.15) is 17.5 Å². The Labute approximate surface area is 156 Å². The third kappa shape index (κ3) is 3.32. The number of aryl methyl sites for hydroxylation is 1. The lowest BCUT2D eigenvalue weighted by molar-refractivity contribution is -0.133. The van der Waals surface area contributed by atoms with Gasteiger partial charge in [-0.2, -0.15) is 0 Å². The second-order valence-corrected chi connectivity index (χ2v) is 7.23. The minimum absolute atomic E-state index is 0.0628. The highest BCUT2D eigenvalue weighted by atomic mass is 19.1. The van der Waals surface area contributed by atoms with Gasteiger partial charge < -0.3 is 14.5 Å². The smallest absolute Gasteiger partial charge is 0.237 e. The van der Waals surface area contributed by atoms with Crippen LogP contribution in [-0.2, 0) is 31.4 Å². The summed E-state index contributed by atoms with van der Waals surface area (Å²) in [6, 6.07) is 4.75. The highest BCUT2D eigenvalue weighted by Gasteiger charge is 2.25. The Morgan fingerprint density at radius 2 is 2.19 bits per heavy atom. The van der Waals surface area contributed by atoms with Gasteiger partial charge in [-0.05, 0) is 32.2 Å². The van der Waals surface area contributed by atoms with Gasteiger partial charge in [0.05, 0.1) is 13.1 Å². The number of benzene rings is 1. The summed E-state index contributed by atoms with van der Waals surface area (Å²) in [7, 11) is 3.82. The first-order chi connectivity index (χ1) is 12.9. The molecule has 0 bridgehead atoms. The maximum atomic E-state index is 13.6. The van der Waals surface area contributed by atoms with Crippen LogP contribution < -0.4 is 0 Å². The number of halogens is 1. The molecule has 4 rings (SSSR count). The Bertz CT molecular complexity index is 1010. The highest BCUT2D eigenvalue weighted by Crippen LogP contribution is 2.28. The van der Waals surface area contributed by atoms with Crippen LogP contribution in [0.5, 0.6) is 0 Å². The molecule has 0 aliphatic carbocycles. The average molecular weight is 370 g/mol. The fourth-order valence-electron chi connectivity index (χ4n) is 3.62. The molecule has 2 aromatic heterocycles. The van der Waals surface area contributed by atoms with Crippen molar-refractivity contribution in [3.8, 4) is 0 Å². The van der Waals surface area contributed by atoms with Gasteiger partial charge in [-0.1, -0.05) is 0 Å². The van der Waals surface area contributed by atoms with Crippen molar-refractivity contribution in [3.63, 3.8) is 0 Å². The van der Waals surface area contributed by atoms with Crippen LogP contribution in [-0.4, -0.2) is 55.6 Å². The van der Waals surface area contributed by atoms with E-state index in [0.29, 0.717) is 26.2 Å². The molecular formula is C19H23FN6O. The van der Waals surface area contributed by atoms with Crippen molar-refractivity contribution in [2.45, 2.75) is 26.4 Å². The van der Waals surface area contributed by atoms with Crippen LogP contribution in [0.2, 0.25) is 0 Å². The number of H-pyrrole nitrogens is 1. The third-order valence-electron chi connectivity index (χ3n) is 5.29. The van der Waals surface area contributed by atoms with Crippen molar-refractivity contribution in [1.82, 2.24) is 29.5 Å². The summed E-state index contributed by atoms with van der Waals surface area (Å²) in [6.45, 7) is 3.93. The van der Waals surface area contributed by atoms with Crippen molar-refractivity contribution in [1.29, 1.82) is 0 Å². The monoisotopic (exact) mass is 370 g/mol. The van der Waals surface area contributed by atoms with Crippen molar-refractivity contribution >= 4 is 16.8 Å². The zero-order valence-corrected chi connectivity index (χ0v) is 15.8. The van der Waals surface area contributed by atoms with Gasteiger partial charge in [0.15, 0.2) is 0 Å². The van der Waals surface area contributed by atoms with Crippen LogP contribution in [0.3, 0.4) is 0 Å². The van der Waals surface area contributed by atoms with Crippen LogP contribution in [0.15, 0.2) is 18.2 Å². The van der Waals surface area contributed by atoms with E-state index in [2.05, 4.69) is 15.2 Å². The van der Waals surface area contributed by atoms with Crippen LogP contribution in [0, 0.1) is 12.7 Å². The van der Waals surface area contributed by atoms with Gasteiger partial charge in [0, 0.05) is 48.7 Å². The molecule has 0 spiro atoms. The first kappa shape index (κ1) is 17.7. The summed E-state index contributed by atoms with van der Waals surface area (Å²) < 4.78 is 15.6. The highest BCUT2D eigenvalue weighted by molar-refractivity contribution is 5.86. The molecule has 8 heteroatoms. The van der Waals surface area contributed by atoms with Crippen LogP contribution in [0.1, 0.15) is 22.9 Å². The average Bonchev–Trinajstić information content (AvgIpc) is 3.15. The number of rotatable bonds is 4. The first-order valence-electron chi connectivity index (χ1n) is 9.02. The number of carbonyl (C=O) groups is 1. The molecule has 1 N–H and O–H groups in total. The zero-order valence-electron chi connectivity index (χ0n) is 15.8. The number of aromatic amines is 1. The molecule has 3 aromatic rings. The Balaban J connectivity index is 1.45. The lowest BCUT2D eigenvalue weighted by Crippen LogP contribution is -2.41. The molecule has 1 aliphatic heterocycles. The largest absolute Gasteiger partial charge is 0.358 e. The summed E-state index contributed by atoms with van der Waals surface area (Å²) in [5, 5.41) is 9.06. The van der Waals surface area contributed by atoms with E-state index in [1.54, 1.807) is 12.1 Å². The van der Waals surface area contributed by atoms with Gasteiger partial charge in [0.2, 0.25) is 5.91 Å². The Hall–Kier alpha value is -2.74. The minimum atomic E-state index is -0.258. The molecule has 7 nitrogen and oxygen atoms in total. The van der Waals surface area contributed by atoms with E-state index in [1.807, 2.05) is 35.4 Å². The molecule has 3 heterocycles. The first-order valence-corrected chi connectivity index (χ1v) is 9.02. The molecule has 0 unspecified atom stereocenters. The van der Waals surface area contributed by atoms with E-state index >= 15 is 0 Å². The summed E-state index contributed by atoms with van der Waals surface area (Å²) in [5.41, 5.74) is 3.05. The lowest BCUT2D eigenvalue weighted by atomic mass is 10.0. The summed E-state index contributed by atoms with van der Waals surface area (Å²) in [6.07, 6.45) is 0.754. The predicted octanol–water partition coefficient (Wildman–Crippen LogP) is 1.76. The number of hydrogen-bond acceptors (Lipinski definition) is 4. The van der Waals surface area contributed by atoms with E-state index in [4.69, 9.17) is 0 Å². The molecule has 0 saturated heterocycles. The molecule has 142 valence electrons. The van der Waals surface area contributed by atoms with Crippen molar-refractivity contribution < 1.29 is 9.18 Å². The summed E-state index contributed by atoms with van der Waals surface area (Å²) in [4.78, 5) is 19.9. The molecule has 0 fully saturated rings. The number of aromatic nitrogens is 4. The minimum Gasteiger partial charge on any atom is -0.358 e. The van der Waals surface area contributed by atoms with Crippen molar-refractivity contribution in [2.24, 2.45) is 7.05 Å². The van der Waals surface area contributed by atoms with Gasteiger partial charge in [-0.3, -0.25) is 9.69 Å². The summed E-state index contributed by atoms with van der Waals surface area (Å²) in [5.74, 6) is 1.48. The molecule has 1 amide bonds. The molecule has 0 saturated carbocycles. The number of nitrogens with zero attached hydrogens (tertiary/aromatic N) is 5. The van der Waals surface area contributed by atoms with E-state index < -0.39 is 0 Å². The maximum absolute atomic E-state index is 13.6. The third-order valence-corrected chi connectivity index (χ3v) is 5.29. The predicted molar refractivity (Wildman–Crippen MR) is 99.5 cm³/mol. The number of fused-ring (bicyclic) bond motifs is 3. The number of carbonyl (C=O) groups excluding carboxylic acids is 1. The second kappa shape index (κ2) is 6.77. The standard InChI is InChI=1S/C19H23FN6O/c1-12-22-23-18(25(12)3)10-24(2)11-19(27)26-7-6-17-15(9-26)14-8-13(20)4-5-16(14)21-17/h4-5,8,21H,6-7,9-11H2,1-3H3. The zero-order chi connectivity index (χ0) is 19.1. The molecule has 27 heavy (non-hydrogen) atoms. The Morgan fingerprint density at radius 3 is 2.93 bits per heavy atom. The van der Waals surface area contributed by atoms with Crippen molar-refractivity contribution in [2.75, 3.05) is 20.1 Å². The van der Waals surface area contributed by atoms with E-state index in [1.165, 1.54) is 6.07 Å². The fourth-order valence-corrected chi connectivity index (χ4v) is 3.62. The molecule has 1 aliphatic rings. The quantitative estimate of drug-likeness (QED) is 0.760. The van der Waals surface area contributed by atoms with Crippen LogP contribution in [0.25, 0.3) is 10.9 Å². The Morgan fingerprint density at radius 1 is 1.37 bits per heavy atom. The Kier molecular flexibility index (Phi) is 4.43. The molecule has 0 atom stereocenters. The van der Waals surface area contributed by atoms with E-state index in [0.717, 1.165) is 40.2 Å². The number of likely N-dealkylation sites (N-methyl/N-ethyl adjacent to an activating group) is 1. The molecule has 1 aromatic carbocycles. The van der Waals surface area contributed by atoms with Gasteiger partial charge in [-0.15, -0.1) is 10.2 Å². The van der Waals surface area contributed by atoms with Crippen LogP contribution >= 0.6 is 0 Å². The summed E-state index contributed by atoms with van der Waals surface area (Å²) >= 11 is 0.